The lowest BCUT2D eigenvalue weighted by Gasteiger charge is -2.09. The van der Waals surface area contributed by atoms with Crippen LogP contribution in [0.5, 0.6) is 0 Å². The first-order valence-corrected chi connectivity index (χ1v) is 10.2. The van der Waals surface area contributed by atoms with Crippen LogP contribution in [0.25, 0.3) is 0 Å². The molecule has 2 aromatic carbocycles. The summed E-state index contributed by atoms with van der Waals surface area (Å²) >= 11 is 6.50. The van der Waals surface area contributed by atoms with Crippen molar-refractivity contribution < 1.29 is 13.2 Å². The maximum atomic E-state index is 12.2. The van der Waals surface area contributed by atoms with Gasteiger partial charge in [-0.2, -0.15) is 0 Å². The van der Waals surface area contributed by atoms with E-state index in [1.165, 1.54) is 6.07 Å². The summed E-state index contributed by atoms with van der Waals surface area (Å²) in [5, 5.41) is 2.75. The number of hydrogen-bond donors (Lipinski definition) is 2. The molecular formula is C16H16Br2N2O3S. The molecule has 0 bridgehead atoms. The predicted octanol–water partition coefficient (Wildman–Crippen LogP) is 3.20. The highest BCUT2D eigenvalue weighted by molar-refractivity contribution is 9.11. The summed E-state index contributed by atoms with van der Waals surface area (Å²) in [6, 6.07) is 14.3. The average Bonchev–Trinajstić information content (AvgIpc) is 2.53. The van der Waals surface area contributed by atoms with Gasteiger partial charge in [0.2, 0.25) is 15.9 Å². The molecule has 0 aliphatic heterocycles. The van der Waals surface area contributed by atoms with Gasteiger partial charge < -0.3 is 5.32 Å². The van der Waals surface area contributed by atoms with Crippen LogP contribution in [0.3, 0.4) is 0 Å². The normalized spacial score (nSPS) is 11.2. The Morgan fingerprint density at radius 1 is 1.04 bits per heavy atom. The highest BCUT2D eigenvalue weighted by atomic mass is 79.9. The Morgan fingerprint density at radius 2 is 1.75 bits per heavy atom. The minimum Gasteiger partial charge on any atom is -0.352 e. The van der Waals surface area contributed by atoms with Crippen molar-refractivity contribution in [2.75, 3.05) is 6.54 Å². The molecular weight excluding hydrogens is 460 g/mol. The lowest BCUT2D eigenvalue weighted by atomic mass is 10.2. The minimum atomic E-state index is -3.67. The van der Waals surface area contributed by atoms with Crippen molar-refractivity contribution >= 4 is 47.8 Å². The molecule has 2 rings (SSSR count). The fraction of sp³-hybridized carbons (Fsp3) is 0.188. The highest BCUT2D eigenvalue weighted by Crippen LogP contribution is 2.25. The van der Waals surface area contributed by atoms with E-state index in [4.69, 9.17) is 0 Å². The van der Waals surface area contributed by atoms with E-state index in [1.54, 1.807) is 12.1 Å². The Bertz CT molecular complexity index is 811. The Balaban J connectivity index is 1.83. The predicted molar refractivity (Wildman–Crippen MR) is 99.9 cm³/mol. The molecule has 0 aliphatic rings. The number of carbonyl (C=O) groups excluding carboxylic acids is 1. The number of rotatable bonds is 7. The van der Waals surface area contributed by atoms with Gasteiger partial charge >= 0.3 is 0 Å². The third-order valence-electron chi connectivity index (χ3n) is 3.16. The first kappa shape index (κ1) is 19.1. The molecule has 0 saturated carbocycles. The van der Waals surface area contributed by atoms with Gasteiger partial charge in [-0.25, -0.2) is 13.1 Å². The first-order chi connectivity index (χ1) is 11.4. The van der Waals surface area contributed by atoms with Crippen LogP contribution in [-0.4, -0.2) is 20.9 Å². The van der Waals surface area contributed by atoms with Crippen molar-refractivity contribution in [1.29, 1.82) is 0 Å². The van der Waals surface area contributed by atoms with Crippen molar-refractivity contribution in [3.8, 4) is 0 Å². The maximum absolute atomic E-state index is 12.2. The summed E-state index contributed by atoms with van der Waals surface area (Å²) in [5.74, 6) is -0.212. The van der Waals surface area contributed by atoms with Gasteiger partial charge in [0.15, 0.2) is 0 Å². The van der Waals surface area contributed by atoms with E-state index in [1.807, 2.05) is 30.3 Å². The average molecular weight is 476 g/mol. The van der Waals surface area contributed by atoms with Crippen LogP contribution in [0.15, 0.2) is 62.4 Å². The SMILES string of the molecule is O=C(CCNS(=O)(=O)c1ccc(Br)cc1Br)NCc1ccccc1. The van der Waals surface area contributed by atoms with Crippen LogP contribution >= 0.6 is 31.9 Å². The van der Waals surface area contributed by atoms with Crippen molar-refractivity contribution in [3.05, 3.63) is 63.0 Å². The Kier molecular flexibility index (Phi) is 6.97. The second-order valence-corrected chi connectivity index (χ2v) is 8.49. The Morgan fingerprint density at radius 3 is 2.42 bits per heavy atom. The zero-order valence-electron chi connectivity index (χ0n) is 12.6. The number of halogens is 2. The van der Waals surface area contributed by atoms with Crippen LogP contribution in [0.4, 0.5) is 0 Å². The third kappa shape index (κ3) is 5.70. The molecule has 24 heavy (non-hydrogen) atoms. The quantitative estimate of drug-likeness (QED) is 0.645. The lowest BCUT2D eigenvalue weighted by molar-refractivity contribution is -0.121. The van der Waals surface area contributed by atoms with Gasteiger partial charge in [0.25, 0.3) is 0 Å². The molecule has 2 N–H and O–H groups in total. The van der Waals surface area contributed by atoms with Crippen LogP contribution in [0, 0.1) is 0 Å². The number of carbonyl (C=O) groups is 1. The van der Waals surface area contributed by atoms with E-state index in [-0.39, 0.29) is 23.8 Å². The molecule has 0 atom stereocenters. The highest BCUT2D eigenvalue weighted by Gasteiger charge is 2.17. The summed E-state index contributed by atoms with van der Waals surface area (Å²) in [6.07, 6.45) is 0.0697. The molecule has 2 aromatic rings. The fourth-order valence-corrected chi connectivity index (χ4v) is 4.73. The number of amides is 1. The molecule has 128 valence electrons. The largest absolute Gasteiger partial charge is 0.352 e. The summed E-state index contributed by atoms with van der Waals surface area (Å²) < 4.78 is 28.1. The van der Waals surface area contributed by atoms with Gasteiger partial charge in [0, 0.05) is 28.5 Å². The van der Waals surface area contributed by atoms with Gasteiger partial charge in [-0.15, -0.1) is 0 Å². The van der Waals surface area contributed by atoms with Gasteiger partial charge in [0.05, 0.1) is 4.90 Å². The maximum Gasteiger partial charge on any atom is 0.241 e. The smallest absolute Gasteiger partial charge is 0.241 e. The van der Waals surface area contributed by atoms with Crippen molar-refractivity contribution in [3.63, 3.8) is 0 Å². The van der Waals surface area contributed by atoms with Crippen molar-refractivity contribution in [2.24, 2.45) is 0 Å². The van der Waals surface area contributed by atoms with Gasteiger partial charge in [-0.3, -0.25) is 4.79 Å². The number of sulfonamides is 1. The summed E-state index contributed by atoms with van der Waals surface area (Å²) in [5.41, 5.74) is 0.991. The zero-order chi connectivity index (χ0) is 17.6. The van der Waals surface area contributed by atoms with Crippen LogP contribution < -0.4 is 10.0 Å². The van der Waals surface area contributed by atoms with E-state index < -0.39 is 10.0 Å². The molecule has 0 aromatic heterocycles. The van der Waals surface area contributed by atoms with Gasteiger partial charge in [0.1, 0.15) is 0 Å². The standard InChI is InChI=1S/C16H16Br2N2O3S/c17-13-6-7-15(14(18)10-13)24(22,23)20-9-8-16(21)19-11-12-4-2-1-3-5-12/h1-7,10,20H,8-9,11H2,(H,19,21). The first-order valence-electron chi connectivity index (χ1n) is 7.14. The van der Waals surface area contributed by atoms with Crippen LogP contribution in [-0.2, 0) is 21.4 Å². The van der Waals surface area contributed by atoms with Crippen LogP contribution in [0.2, 0.25) is 0 Å². The fourth-order valence-electron chi connectivity index (χ4n) is 1.95. The van der Waals surface area contributed by atoms with E-state index in [0.717, 1.165) is 10.0 Å². The summed E-state index contributed by atoms with van der Waals surface area (Å²) in [7, 11) is -3.67. The van der Waals surface area contributed by atoms with Crippen molar-refractivity contribution in [2.45, 2.75) is 17.9 Å². The second kappa shape index (κ2) is 8.75. The number of hydrogen-bond acceptors (Lipinski definition) is 3. The number of nitrogens with one attached hydrogen (secondary N) is 2. The van der Waals surface area contributed by atoms with E-state index >= 15 is 0 Å². The molecule has 1 amide bonds. The van der Waals surface area contributed by atoms with Crippen molar-refractivity contribution in [1.82, 2.24) is 10.0 Å². The summed E-state index contributed by atoms with van der Waals surface area (Å²) in [4.78, 5) is 11.9. The lowest BCUT2D eigenvalue weighted by Crippen LogP contribution is -2.30. The summed E-state index contributed by atoms with van der Waals surface area (Å²) in [6.45, 7) is 0.455. The molecule has 0 spiro atoms. The molecule has 0 saturated heterocycles. The van der Waals surface area contributed by atoms with E-state index in [2.05, 4.69) is 41.9 Å². The van der Waals surface area contributed by atoms with E-state index in [9.17, 15) is 13.2 Å². The molecule has 5 nitrogen and oxygen atoms in total. The van der Waals surface area contributed by atoms with Crippen LogP contribution in [0.1, 0.15) is 12.0 Å². The topological polar surface area (TPSA) is 75.3 Å². The third-order valence-corrected chi connectivity index (χ3v) is 6.09. The number of benzene rings is 2. The molecule has 0 fully saturated rings. The zero-order valence-corrected chi connectivity index (χ0v) is 16.6. The molecule has 0 heterocycles. The monoisotopic (exact) mass is 474 g/mol. The molecule has 0 unspecified atom stereocenters. The van der Waals surface area contributed by atoms with Gasteiger partial charge in [-0.1, -0.05) is 46.3 Å². The van der Waals surface area contributed by atoms with E-state index in [0.29, 0.717) is 11.0 Å². The Labute approximate surface area is 158 Å². The second-order valence-electron chi connectivity index (χ2n) is 4.98. The molecule has 0 radical (unpaired) electrons. The molecule has 8 heteroatoms. The van der Waals surface area contributed by atoms with Gasteiger partial charge in [-0.05, 0) is 39.7 Å². The Hall–Kier alpha value is -1.22. The molecule has 0 aliphatic carbocycles. The minimum absolute atomic E-state index is 0.0332.